The Morgan fingerprint density at radius 1 is 0.480 bits per heavy atom. The standard InChI is InChI=1S/C20H14N4.Fe/c1-2-14-10-16-5-6-18(23-16)12-20-8-7-19(24-20)11-17-4-3-15(22-17)9-13(1)21-14;/h1-12,21,24H;/q;+3. The fourth-order valence-electron chi connectivity index (χ4n) is 2.94. The number of rotatable bonds is 0. The molecule has 2 N–H and O–H groups in total. The van der Waals surface area contributed by atoms with Gasteiger partial charge in [0.15, 0.2) is 0 Å². The smallest absolute Gasteiger partial charge is 0.355 e. The van der Waals surface area contributed by atoms with Crippen LogP contribution in [-0.2, 0) is 17.1 Å². The third kappa shape index (κ3) is 3.20. The molecule has 2 aliphatic rings. The van der Waals surface area contributed by atoms with Crippen LogP contribution in [0.15, 0.2) is 48.5 Å². The Bertz CT molecular complexity index is 990. The molecule has 5 heteroatoms. The minimum Gasteiger partial charge on any atom is -0.355 e. The van der Waals surface area contributed by atoms with Crippen LogP contribution in [0.3, 0.4) is 0 Å². The molecule has 5 rings (SSSR count). The first-order valence-corrected chi connectivity index (χ1v) is 7.85. The van der Waals surface area contributed by atoms with E-state index in [2.05, 4.69) is 44.2 Å². The van der Waals surface area contributed by atoms with Crippen molar-refractivity contribution in [3.05, 3.63) is 71.3 Å². The second kappa shape index (κ2) is 6.20. The van der Waals surface area contributed by atoms with Gasteiger partial charge in [0.1, 0.15) is 0 Å². The Morgan fingerprint density at radius 3 is 1.04 bits per heavy atom. The van der Waals surface area contributed by atoms with Crippen LogP contribution in [0.5, 0.6) is 0 Å². The van der Waals surface area contributed by atoms with Gasteiger partial charge in [-0.25, -0.2) is 9.97 Å². The van der Waals surface area contributed by atoms with Crippen LogP contribution in [0, 0.1) is 0 Å². The zero-order valence-corrected chi connectivity index (χ0v) is 14.3. The van der Waals surface area contributed by atoms with E-state index in [4.69, 9.17) is 0 Å². The number of hydrogen-bond acceptors (Lipinski definition) is 2. The number of nitrogens with zero attached hydrogens (tertiary/aromatic N) is 2. The van der Waals surface area contributed by atoms with E-state index < -0.39 is 0 Å². The van der Waals surface area contributed by atoms with Crippen molar-refractivity contribution in [3.63, 3.8) is 0 Å². The van der Waals surface area contributed by atoms with Crippen molar-refractivity contribution in [3.8, 4) is 0 Å². The van der Waals surface area contributed by atoms with E-state index in [1.165, 1.54) is 0 Å². The molecule has 0 aromatic carbocycles. The maximum absolute atomic E-state index is 4.63. The van der Waals surface area contributed by atoms with Crippen LogP contribution in [0.2, 0.25) is 0 Å². The number of H-pyrrole nitrogens is 2. The monoisotopic (exact) mass is 366 g/mol. The normalized spacial score (nSPS) is 12.2. The molecule has 3 aromatic heterocycles. The molecule has 1 radical (unpaired) electrons. The predicted molar refractivity (Wildman–Crippen MR) is 98.9 cm³/mol. The molecule has 0 atom stereocenters. The third-order valence-corrected chi connectivity index (χ3v) is 4.04. The van der Waals surface area contributed by atoms with Crippen LogP contribution in [0.25, 0.3) is 46.4 Å². The molecule has 5 heterocycles. The second-order valence-corrected chi connectivity index (χ2v) is 5.91. The molecular formula is C20H14FeN4+3. The molecule has 0 aliphatic carbocycles. The molecule has 0 saturated carbocycles. The largest absolute Gasteiger partial charge is 3.00 e. The average Bonchev–Trinajstić information content (AvgIpc) is 3.32. The van der Waals surface area contributed by atoms with Crippen molar-refractivity contribution in [2.24, 2.45) is 0 Å². The molecule has 2 aliphatic heterocycles. The van der Waals surface area contributed by atoms with E-state index in [9.17, 15) is 0 Å². The summed E-state index contributed by atoms with van der Waals surface area (Å²) in [5.74, 6) is 0. The summed E-state index contributed by atoms with van der Waals surface area (Å²) in [6.07, 6.45) is 8.09. The Morgan fingerprint density at radius 2 is 0.760 bits per heavy atom. The van der Waals surface area contributed by atoms with Crippen molar-refractivity contribution in [1.29, 1.82) is 0 Å². The van der Waals surface area contributed by atoms with E-state index in [-0.39, 0.29) is 17.1 Å². The molecule has 0 spiro atoms. The number of nitrogens with one attached hydrogen (secondary N) is 2. The number of hydrogen-bond donors (Lipinski definition) is 2. The molecule has 0 saturated heterocycles. The molecule has 0 amide bonds. The SMILES string of the molecule is C1=Cc2cc3ccc(cc4nc(cc5ccc(cc1n2)[nH]5)C=C4)[nH]3.[Fe+3]. The molecule has 119 valence electrons. The fourth-order valence-corrected chi connectivity index (χ4v) is 2.94. The average molecular weight is 366 g/mol. The van der Waals surface area contributed by atoms with Crippen LogP contribution in [-0.4, -0.2) is 19.9 Å². The molecular weight excluding hydrogens is 352 g/mol. The summed E-state index contributed by atoms with van der Waals surface area (Å²) < 4.78 is 0. The Hall–Kier alpha value is -2.88. The number of aromatic nitrogens is 4. The van der Waals surface area contributed by atoms with Gasteiger partial charge in [0, 0.05) is 22.1 Å². The molecule has 3 aromatic rings. The first-order chi connectivity index (χ1) is 11.8. The molecule has 0 fully saturated rings. The van der Waals surface area contributed by atoms with Crippen LogP contribution in [0.1, 0.15) is 22.8 Å². The van der Waals surface area contributed by atoms with Crippen molar-refractivity contribution >= 4 is 46.4 Å². The van der Waals surface area contributed by atoms with E-state index >= 15 is 0 Å². The Balaban J connectivity index is 0.00000157. The van der Waals surface area contributed by atoms with Gasteiger partial charge in [-0.05, 0) is 72.8 Å². The van der Waals surface area contributed by atoms with Gasteiger partial charge in [0.05, 0.1) is 22.8 Å². The molecule has 4 nitrogen and oxygen atoms in total. The first kappa shape index (κ1) is 15.6. The summed E-state index contributed by atoms with van der Waals surface area (Å²) in [4.78, 5) is 16.0. The van der Waals surface area contributed by atoms with Gasteiger partial charge < -0.3 is 9.97 Å². The van der Waals surface area contributed by atoms with Crippen molar-refractivity contribution in [1.82, 2.24) is 19.9 Å². The minimum atomic E-state index is 0. The second-order valence-electron chi connectivity index (χ2n) is 5.91. The van der Waals surface area contributed by atoms with Gasteiger partial charge in [-0.15, -0.1) is 0 Å². The van der Waals surface area contributed by atoms with Gasteiger partial charge in [0.25, 0.3) is 0 Å². The summed E-state index contributed by atoms with van der Waals surface area (Å²) in [5, 5.41) is 0. The minimum absolute atomic E-state index is 0. The van der Waals surface area contributed by atoms with Crippen molar-refractivity contribution < 1.29 is 17.1 Å². The van der Waals surface area contributed by atoms with E-state index in [0.717, 1.165) is 44.8 Å². The summed E-state index contributed by atoms with van der Waals surface area (Å²) in [6.45, 7) is 0. The Kier molecular flexibility index (Phi) is 3.88. The zero-order valence-electron chi connectivity index (χ0n) is 13.2. The zero-order chi connectivity index (χ0) is 15.9. The van der Waals surface area contributed by atoms with E-state index in [1.54, 1.807) is 0 Å². The molecule has 8 bridgehead atoms. The van der Waals surface area contributed by atoms with Gasteiger partial charge in [0.2, 0.25) is 0 Å². The predicted octanol–water partition coefficient (Wildman–Crippen LogP) is 4.65. The van der Waals surface area contributed by atoms with Gasteiger partial charge in [-0.2, -0.15) is 0 Å². The summed E-state index contributed by atoms with van der Waals surface area (Å²) in [7, 11) is 0. The van der Waals surface area contributed by atoms with Crippen LogP contribution >= 0.6 is 0 Å². The Labute approximate surface area is 154 Å². The summed E-state index contributed by atoms with van der Waals surface area (Å²) in [5.41, 5.74) is 7.86. The maximum atomic E-state index is 4.63. The van der Waals surface area contributed by atoms with Crippen LogP contribution < -0.4 is 0 Å². The van der Waals surface area contributed by atoms with Gasteiger partial charge in [-0.1, -0.05) is 0 Å². The van der Waals surface area contributed by atoms with E-state index in [0.29, 0.717) is 0 Å². The van der Waals surface area contributed by atoms with Crippen molar-refractivity contribution in [2.75, 3.05) is 0 Å². The quantitative estimate of drug-likeness (QED) is 0.392. The number of fused-ring (bicyclic) bond motifs is 8. The first-order valence-electron chi connectivity index (χ1n) is 7.85. The van der Waals surface area contributed by atoms with Gasteiger partial charge in [-0.3, -0.25) is 0 Å². The van der Waals surface area contributed by atoms with Crippen molar-refractivity contribution in [2.45, 2.75) is 0 Å². The summed E-state index contributed by atoms with van der Waals surface area (Å²) >= 11 is 0. The van der Waals surface area contributed by atoms with Gasteiger partial charge >= 0.3 is 17.1 Å². The third-order valence-electron chi connectivity index (χ3n) is 4.04. The fraction of sp³-hybridized carbons (Fsp3) is 0. The topological polar surface area (TPSA) is 57.4 Å². The molecule has 25 heavy (non-hydrogen) atoms. The van der Waals surface area contributed by atoms with Crippen LogP contribution in [0.4, 0.5) is 0 Å². The maximum Gasteiger partial charge on any atom is 3.00 e. The molecule has 0 unspecified atom stereocenters. The summed E-state index contributed by atoms with van der Waals surface area (Å²) in [6, 6.07) is 16.4. The number of aromatic amines is 2. The van der Waals surface area contributed by atoms with E-state index in [1.807, 2.05) is 48.6 Å².